The van der Waals surface area contributed by atoms with Gasteiger partial charge in [-0.15, -0.1) is 0 Å². The molecule has 1 N–H and O–H groups in total. The van der Waals surface area contributed by atoms with Gasteiger partial charge in [0.2, 0.25) is 0 Å². The van der Waals surface area contributed by atoms with Gasteiger partial charge in [0.1, 0.15) is 0 Å². The minimum atomic E-state index is -0.549. The third-order valence-electron chi connectivity index (χ3n) is 2.66. The fraction of sp³-hybridized carbons (Fsp3) is 0.917. The highest BCUT2D eigenvalue weighted by Crippen LogP contribution is 2.30. The van der Waals surface area contributed by atoms with Crippen LogP contribution in [0, 0.1) is 0 Å². The average Bonchev–Trinajstić information content (AvgIpc) is 2.90. The fourth-order valence-electron chi connectivity index (χ4n) is 2.01. The Morgan fingerprint density at radius 3 is 2.33 bits per heavy atom. The van der Waals surface area contributed by atoms with E-state index in [-0.39, 0.29) is 6.09 Å². The molecule has 0 bridgehead atoms. The standard InChI is InChI=1S/C9H15NO4.C2H6.CH4O/c1-12-8(11)10-4-2-3-9(7-10)13-5-6-14-9;2*1-2/h2-7H2,1H3;1-2H3;2H,1H3. The van der Waals surface area contributed by atoms with E-state index in [1.807, 2.05) is 13.8 Å². The number of likely N-dealkylation sites (tertiary alicyclic amines) is 1. The van der Waals surface area contributed by atoms with Gasteiger partial charge in [0.15, 0.2) is 5.79 Å². The highest BCUT2D eigenvalue weighted by atomic mass is 16.7. The second-order valence-electron chi connectivity index (χ2n) is 3.60. The highest BCUT2D eigenvalue weighted by molar-refractivity contribution is 5.67. The monoisotopic (exact) mass is 263 g/mol. The lowest BCUT2D eigenvalue weighted by Crippen LogP contribution is -2.50. The summed E-state index contributed by atoms with van der Waals surface area (Å²) in [6, 6.07) is 0. The second kappa shape index (κ2) is 9.13. The Balaban J connectivity index is 0.000000659. The first kappa shape index (κ1) is 17.2. The predicted octanol–water partition coefficient (Wildman–Crippen LogP) is 1.23. The minimum absolute atomic E-state index is 0.303. The lowest BCUT2D eigenvalue weighted by molar-refractivity contribution is -0.184. The summed E-state index contributed by atoms with van der Waals surface area (Å²) in [5.41, 5.74) is 0. The van der Waals surface area contributed by atoms with Crippen molar-refractivity contribution in [3.63, 3.8) is 0 Å². The van der Waals surface area contributed by atoms with Gasteiger partial charge in [0.05, 0.1) is 26.9 Å². The number of hydrogen-bond acceptors (Lipinski definition) is 5. The summed E-state index contributed by atoms with van der Waals surface area (Å²) < 4.78 is 15.7. The first-order valence-corrected chi connectivity index (χ1v) is 6.31. The molecule has 2 aliphatic heterocycles. The van der Waals surface area contributed by atoms with Gasteiger partial charge in [-0.3, -0.25) is 0 Å². The molecule has 0 atom stereocenters. The van der Waals surface area contributed by atoms with E-state index in [0.717, 1.165) is 26.5 Å². The zero-order valence-electron chi connectivity index (χ0n) is 11.8. The number of aliphatic hydroxyl groups is 1. The molecule has 2 saturated heterocycles. The summed E-state index contributed by atoms with van der Waals surface area (Å²) in [6.45, 7) is 6.45. The molecule has 2 aliphatic rings. The summed E-state index contributed by atoms with van der Waals surface area (Å²) in [5, 5.41) is 7.00. The van der Waals surface area contributed by atoms with E-state index in [0.29, 0.717) is 19.8 Å². The number of methoxy groups -OCH3 is 1. The number of aliphatic hydroxyl groups excluding tert-OH is 1. The topological polar surface area (TPSA) is 68.2 Å². The van der Waals surface area contributed by atoms with Crippen molar-refractivity contribution < 1.29 is 24.1 Å². The number of ether oxygens (including phenoxy) is 3. The molecule has 2 fully saturated rings. The van der Waals surface area contributed by atoms with Crippen molar-refractivity contribution in [1.29, 1.82) is 0 Å². The number of rotatable bonds is 0. The quantitative estimate of drug-likeness (QED) is 0.712. The van der Waals surface area contributed by atoms with Gasteiger partial charge in [-0.25, -0.2) is 4.79 Å². The SMILES string of the molecule is CC.CO.COC(=O)N1CCCC2(C1)OCCO2. The van der Waals surface area contributed by atoms with Gasteiger partial charge in [0, 0.05) is 20.1 Å². The first-order valence-electron chi connectivity index (χ1n) is 6.31. The molecule has 2 rings (SSSR count). The van der Waals surface area contributed by atoms with Crippen molar-refractivity contribution in [3.05, 3.63) is 0 Å². The third-order valence-corrected chi connectivity index (χ3v) is 2.66. The van der Waals surface area contributed by atoms with E-state index in [1.165, 1.54) is 7.11 Å². The van der Waals surface area contributed by atoms with Gasteiger partial charge < -0.3 is 24.2 Å². The van der Waals surface area contributed by atoms with Crippen LogP contribution in [0.5, 0.6) is 0 Å². The van der Waals surface area contributed by atoms with Gasteiger partial charge >= 0.3 is 6.09 Å². The van der Waals surface area contributed by atoms with Crippen molar-refractivity contribution in [2.45, 2.75) is 32.5 Å². The Kier molecular flexibility index (Phi) is 8.70. The van der Waals surface area contributed by atoms with E-state index >= 15 is 0 Å². The van der Waals surface area contributed by atoms with Crippen LogP contribution < -0.4 is 0 Å². The van der Waals surface area contributed by atoms with E-state index in [2.05, 4.69) is 4.74 Å². The Bertz CT molecular complexity index is 229. The molecule has 0 saturated carbocycles. The molecule has 6 heteroatoms. The van der Waals surface area contributed by atoms with E-state index in [4.69, 9.17) is 14.6 Å². The summed E-state index contributed by atoms with van der Waals surface area (Å²) in [7, 11) is 2.39. The average molecular weight is 263 g/mol. The number of carbonyl (C=O) groups is 1. The summed E-state index contributed by atoms with van der Waals surface area (Å²) in [5.74, 6) is -0.549. The molecule has 1 amide bonds. The van der Waals surface area contributed by atoms with E-state index < -0.39 is 5.79 Å². The molecule has 1 spiro atoms. The minimum Gasteiger partial charge on any atom is -0.453 e. The zero-order chi connectivity index (χ0) is 14.0. The number of nitrogens with zero attached hydrogens (tertiary/aromatic N) is 1. The Hall–Kier alpha value is -0.850. The Morgan fingerprint density at radius 2 is 1.83 bits per heavy atom. The summed E-state index contributed by atoms with van der Waals surface area (Å²) in [4.78, 5) is 12.9. The Morgan fingerprint density at radius 1 is 1.28 bits per heavy atom. The maximum Gasteiger partial charge on any atom is 0.409 e. The number of amides is 1. The van der Waals surface area contributed by atoms with Crippen LogP contribution in [0.3, 0.4) is 0 Å². The lowest BCUT2D eigenvalue weighted by atomic mass is 10.1. The second-order valence-corrected chi connectivity index (χ2v) is 3.60. The molecule has 6 nitrogen and oxygen atoms in total. The molecular weight excluding hydrogens is 238 g/mol. The van der Waals surface area contributed by atoms with Crippen LogP contribution in [0.1, 0.15) is 26.7 Å². The van der Waals surface area contributed by atoms with Gasteiger partial charge in [-0.1, -0.05) is 13.8 Å². The van der Waals surface area contributed by atoms with Crippen molar-refractivity contribution in [2.75, 3.05) is 40.5 Å². The van der Waals surface area contributed by atoms with Crippen molar-refractivity contribution in [3.8, 4) is 0 Å². The molecule has 108 valence electrons. The highest BCUT2D eigenvalue weighted by Gasteiger charge is 2.42. The van der Waals surface area contributed by atoms with Gasteiger partial charge in [0.25, 0.3) is 0 Å². The molecular formula is C12H25NO5. The molecule has 0 aliphatic carbocycles. The van der Waals surface area contributed by atoms with Crippen LogP contribution in [-0.4, -0.2) is 62.4 Å². The molecule has 0 radical (unpaired) electrons. The van der Waals surface area contributed by atoms with Crippen LogP contribution in [0.25, 0.3) is 0 Å². The van der Waals surface area contributed by atoms with Crippen molar-refractivity contribution in [2.24, 2.45) is 0 Å². The molecule has 0 aromatic carbocycles. The third kappa shape index (κ3) is 4.44. The molecule has 0 aromatic rings. The normalized spacial score (nSPS) is 20.4. The number of hydrogen-bond donors (Lipinski definition) is 1. The molecule has 0 aromatic heterocycles. The summed E-state index contributed by atoms with van der Waals surface area (Å²) in [6.07, 6.45) is 1.46. The van der Waals surface area contributed by atoms with Crippen LogP contribution in [-0.2, 0) is 14.2 Å². The largest absolute Gasteiger partial charge is 0.453 e. The fourth-order valence-corrected chi connectivity index (χ4v) is 2.01. The molecule has 18 heavy (non-hydrogen) atoms. The molecule has 0 unspecified atom stereocenters. The molecule has 2 heterocycles. The Labute approximate surface area is 109 Å². The van der Waals surface area contributed by atoms with Crippen LogP contribution in [0.4, 0.5) is 4.79 Å². The van der Waals surface area contributed by atoms with Gasteiger partial charge in [-0.05, 0) is 6.42 Å². The smallest absolute Gasteiger partial charge is 0.409 e. The van der Waals surface area contributed by atoms with Crippen LogP contribution >= 0.6 is 0 Å². The lowest BCUT2D eigenvalue weighted by Gasteiger charge is -2.37. The number of carbonyl (C=O) groups excluding carboxylic acids is 1. The van der Waals surface area contributed by atoms with Crippen LogP contribution in [0.2, 0.25) is 0 Å². The van der Waals surface area contributed by atoms with Crippen LogP contribution in [0.15, 0.2) is 0 Å². The van der Waals surface area contributed by atoms with Crippen molar-refractivity contribution >= 4 is 6.09 Å². The van der Waals surface area contributed by atoms with E-state index in [1.54, 1.807) is 4.90 Å². The number of piperidine rings is 1. The first-order chi connectivity index (χ1) is 8.76. The van der Waals surface area contributed by atoms with Crippen molar-refractivity contribution in [1.82, 2.24) is 4.90 Å². The maximum atomic E-state index is 11.3. The summed E-state index contributed by atoms with van der Waals surface area (Å²) >= 11 is 0. The van der Waals surface area contributed by atoms with Gasteiger partial charge in [-0.2, -0.15) is 0 Å². The maximum absolute atomic E-state index is 11.3. The zero-order valence-corrected chi connectivity index (χ0v) is 11.8. The van der Waals surface area contributed by atoms with E-state index in [9.17, 15) is 4.79 Å². The predicted molar refractivity (Wildman–Crippen MR) is 67.3 cm³/mol.